The Morgan fingerprint density at radius 3 is 2.21 bits per heavy atom. The van der Waals surface area contributed by atoms with Crippen molar-refractivity contribution in [2.24, 2.45) is 0 Å². The summed E-state index contributed by atoms with van der Waals surface area (Å²) in [7, 11) is 1.18. The molecule has 124 valence electrons. The summed E-state index contributed by atoms with van der Waals surface area (Å²) in [5, 5.41) is 2.11. The molecule has 4 nitrogen and oxygen atoms in total. The summed E-state index contributed by atoms with van der Waals surface area (Å²) in [6.45, 7) is 8.16. The lowest BCUT2D eigenvalue weighted by Gasteiger charge is -2.32. The van der Waals surface area contributed by atoms with Crippen molar-refractivity contribution in [1.82, 2.24) is 0 Å². The van der Waals surface area contributed by atoms with E-state index in [1.807, 2.05) is 58.0 Å². The first-order valence-electron chi connectivity index (χ1n) is 8.17. The van der Waals surface area contributed by atoms with Gasteiger partial charge in [-0.15, -0.1) is 0 Å². The molecule has 0 amide bonds. The van der Waals surface area contributed by atoms with E-state index in [0.29, 0.717) is 0 Å². The van der Waals surface area contributed by atoms with E-state index in [-0.39, 0.29) is 0 Å². The zero-order chi connectivity index (χ0) is 17.1. The number of hydrogen-bond donors (Lipinski definition) is 0. The Morgan fingerprint density at radius 2 is 1.54 bits per heavy atom. The van der Waals surface area contributed by atoms with Crippen LogP contribution in [-0.2, 0) is 9.31 Å². The standard InChI is InChI=1S/C19H21BO4/c1-18(2)19(3,4)24-20(23-18)14-11-16-13(10-17(14)21-5)12-8-6-7-9-15(12)22-16/h6-11H,1-5H3. The summed E-state index contributed by atoms with van der Waals surface area (Å²) in [5.41, 5.74) is 1.72. The van der Waals surface area contributed by atoms with Gasteiger partial charge in [0.25, 0.3) is 0 Å². The van der Waals surface area contributed by atoms with Crippen LogP contribution >= 0.6 is 0 Å². The summed E-state index contributed by atoms with van der Waals surface area (Å²) < 4.78 is 24.0. The van der Waals surface area contributed by atoms with E-state index in [1.54, 1.807) is 7.11 Å². The molecule has 24 heavy (non-hydrogen) atoms. The van der Waals surface area contributed by atoms with Gasteiger partial charge in [0.05, 0.1) is 18.3 Å². The van der Waals surface area contributed by atoms with Gasteiger partial charge in [-0.25, -0.2) is 0 Å². The third-order valence-electron chi connectivity index (χ3n) is 5.24. The first-order valence-corrected chi connectivity index (χ1v) is 8.17. The van der Waals surface area contributed by atoms with Crippen LogP contribution in [0.4, 0.5) is 0 Å². The zero-order valence-corrected chi connectivity index (χ0v) is 14.7. The molecule has 2 heterocycles. The zero-order valence-electron chi connectivity index (χ0n) is 14.7. The highest BCUT2D eigenvalue weighted by molar-refractivity contribution is 6.63. The van der Waals surface area contributed by atoms with Crippen molar-refractivity contribution >= 4 is 34.5 Å². The molecule has 0 aliphatic carbocycles. The fourth-order valence-corrected chi connectivity index (χ4v) is 3.10. The molecular weight excluding hydrogens is 303 g/mol. The molecular formula is C19H21BO4. The number of para-hydroxylation sites is 1. The van der Waals surface area contributed by atoms with Crippen LogP contribution in [0, 0.1) is 0 Å². The number of rotatable bonds is 2. The molecule has 1 fully saturated rings. The summed E-state index contributed by atoms with van der Waals surface area (Å²) in [6.07, 6.45) is 0. The van der Waals surface area contributed by atoms with Crippen LogP contribution in [0.1, 0.15) is 27.7 Å². The number of benzene rings is 2. The first kappa shape index (κ1) is 15.5. The van der Waals surface area contributed by atoms with Crippen molar-refractivity contribution in [2.45, 2.75) is 38.9 Å². The molecule has 4 rings (SSSR count). The monoisotopic (exact) mass is 324 g/mol. The second-order valence-corrected chi connectivity index (χ2v) is 7.28. The van der Waals surface area contributed by atoms with Gasteiger partial charge in [-0.2, -0.15) is 0 Å². The van der Waals surface area contributed by atoms with Gasteiger partial charge in [0.1, 0.15) is 16.9 Å². The lowest BCUT2D eigenvalue weighted by molar-refractivity contribution is 0.00578. The lowest BCUT2D eigenvalue weighted by atomic mass is 9.78. The Balaban J connectivity index is 1.88. The smallest absolute Gasteiger partial charge is 0.497 e. The third-order valence-corrected chi connectivity index (χ3v) is 5.24. The average molecular weight is 324 g/mol. The second kappa shape index (κ2) is 5.01. The van der Waals surface area contributed by atoms with Crippen molar-refractivity contribution in [3.8, 4) is 5.75 Å². The average Bonchev–Trinajstić information content (AvgIpc) is 2.99. The summed E-state index contributed by atoms with van der Waals surface area (Å²) in [6, 6.07) is 12.0. The van der Waals surface area contributed by atoms with Crippen molar-refractivity contribution in [1.29, 1.82) is 0 Å². The van der Waals surface area contributed by atoms with E-state index in [1.165, 1.54) is 0 Å². The minimum atomic E-state index is -0.484. The van der Waals surface area contributed by atoms with E-state index in [2.05, 4.69) is 6.07 Å². The maximum atomic E-state index is 6.17. The maximum absolute atomic E-state index is 6.17. The number of fused-ring (bicyclic) bond motifs is 3. The van der Waals surface area contributed by atoms with Gasteiger partial charge >= 0.3 is 7.12 Å². The Labute approximate surface area is 141 Å². The molecule has 0 radical (unpaired) electrons. The predicted octanol–water partition coefficient (Wildman–Crippen LogP) is 3.89. The molecule has 0 atom stereocenters. The minimum Gasteiger partial charge on any atom is -0.497 e. The highest BCUT2D eigenvalue weighted by Crippen LogP contribution is 2.38. The number of ether oxygens (including phenoxy) is 1. The minimum absolute atomic E-state index is 0.397. The predicted molar refractivity (Wildman–Crippen MR) is 96.0 cm³/mol. The van der Waals surface area contributed by atoms with Crippen LogP contribution in [0.15, 0.2) is 40.8 Å². The van der Waals surface area contributed by atoms with Gasteiger partial charge in [0, 0.05) is 16.2 Å². The second-order valence-electron chi connectivity index (χ2n) is 7.28. The van der Waals surface area contributed by atoms with Crippen molar-refractivity contribution in [2.75, 3.05) is 7.11 Å². The Hall–Kier alpha value is -1.98. The Bertz CT molecular complexity index is 910. The van der Waals surface area contributed by atoms with Crippen molar-refractivity contribution < 1.29 is 18.5 Å². The van der Waals surface area contributed by atoms with E-state index in [0.717, 1.165) is 33.2 Å². The molecule has 3 aromatic rings. The van der Waals surface area contributed by atoms with Gasteiger partial charge in [0.15, 0.2) is 0 Å². The van der Waals surface area contributed by atoms with Crippen LogP contribution in [0.25, 0.3) is 21.9 Å². The number of hydrogen-bond acceptors (Lipinski definition) is 4. The quantitative estimate of drug-likeness (QED) is 0.671. The maximum Gasteiger partial charge on any atom is 0.498 e. The van der Waals surface area contributed by atoms with Crippen LogP contribution in [0.2, 0.25) is 0 Å². The summed E-state index contributed by atoms with van der Waals surface area (Å²) in [4.78, 5) is 0. The topological polar surface area (TPSA) is 40.8 Å². The first-order chi connectivity index (χ1) is 11.3. The molecule has 5 heteroatoms. The van der Waals surface area contributed by atoms with Crippen molar-refractivity contribution in [3.63, 3.8) is 0 Å². The van der Waals surface area contributed by atoms with E-state index < -0.39 is 18.3 Å². The fourth-order valence-electron chi connectivity index (χ4n) is 3.10. The molecule has 0 unspecified atom stereocenters. The van der Waals surface area contributed by atoms with Gasteiger partial charge in [-0.3, -0.25) is 0 Å². The van der Waals surface area contributed by atoms with Crippen LogP contribution in [0.3, 0.4) is 0 Å². The Morgan fingerprint density at radius 1 is 0.875 bits per heavy atom. The molecule has 1 aromatic heterocycles. The molecule has 0 bridgehead atoms. The molecule has 1 aliphatic heterocycles. The highest BCUT2D eigenvalue weighted by Gasteiger charge is 2.52. The van der Waals surface area contributed by atoms with Crippen LogP contribution in [-0.4, -0.2) is 25.4 Å². The van der Waals surface area contributed by atoms with E-state index in [9.17, 15) is 0 Å². The summed E-state index contributed by atoms with van der Waals surface area (Å²) in [5.74, 6) is 0.743. The van der Waals surface area contributed by atoms with Gasteiger partial charge in [-0.1, -0.05) is 18.2 Å². The SMILES string of the molecule is COc1cc2c(cc1B1OC(C)(C)C(C)(C)O1)oc1ccccc12. The fraction of sp³-hybridized carbons (Fsp3) is 0.368. The van der Waals surface area contributed by atoms with Gasteiger partial charge < -0.3 is 18.5 Å². The number of furan rings is 1. The van der Waals surface area contributed by atoms with Gasteiger partial charge in [0.2, 0.25) is 0 Å². The molecule has 0 N–H and O–H groups in total. The largest absolute Gasteiger partial charge is 0.498 e. The van der Waals surface area contributed by atoms with E-state index in [4.69, 9.17) is 18.5 Å². The van der Waals surface area contributed by atoms with E-state index >= 15 is 0 Å². The lowest BCUT2D eigenvalue weighted by Crippen LogP contribution is -2.41. The van der Waals surface area contributed by atoms with Crippen molar-refractivity contribution in [3.05, 3.63) is 36.4 Å². The molecule has 2 aromatic carbocycles. The van der Waals surface area contributed by atoms with Crippen LogP contribution in [0.5, 0.6) is 5.75 Å². The highest BCUT2D eigenvalue weighted by atomic mass is 16.7. The molecule has 0 spiro atoms. The molecule has 0 saturated carbocycles. The summed E-state index contributed by atoms with van der Waals surface area (Å²) >= 11 is 0. The number of methoxy groups -OCH3 is 1. The molecule has 1 aliphatic rings. The Kier molecular flexibility index (Phi) is 3.24. The normalized spacial score (nSPS) is 19.3. The third kappa shape index (κ3) is 2.15. The van der Waals surface area contributed by atoms with Crippen LogP contribution < -0.4 is 10.2 Å². The van der Waals surface area contributed by atoms with Gasteiger partial charge in [-0.05, 0) is 45.9 Å². The molecule has 1 saturated heterocycles.